The minimum absolute atomic E-state index is 0.106. The summed E-state index contributed by atoms with van der Waals surface area (Å²) in [7, 11) is -4.31. The van der Waals surface area contributed by atoms with Gasteiger partial charge in [0.2, 0.25) is 11.8 Å². The van der Waals surface area contributed by atoms with E-state index in [-0.39, 0.29) is 23.0 Å². The van der Waals surface area contributed by atoms with E-state index in [0.29, 0.717) is 18.8 Å². The van der Waals surface area contributed by atoms with Crippen LogP contribution in [0.2, 0.25) is 0 Å². The van der Waals surface area contributed by atoms with Gasteiger partial charge in [0.15, 0.2) is 0 Å². The minimum atomic E-state index is -4.31. The number of anilines is 1. The second kappa shape index (κ2) is 13.8. The Morgan fingerprint density at radius 1 is 0.952 bits per heavy atom. The fourth-order valence-electron chi connectivity index (χ4n) is 4.48. The van der Waals surface area contributed by atoms with Gasteiger partial charge in [-0.1, -0.05) is 31.2 Å². The van der Waals surface area contributed by atoms with Gasteiger partial charge in [-0.3, -0.25) is 13.9 Å². The maximum absolute atomic E-state index is 14.2. The van der Waals surface area contributed by atoms with Crippen molar-refractivity contribution in [2.45, 2.75) is 71.0 Å². The topological polar surface area (TPSA) is 96.0 Å². The number of aryl methyl sites for hydroxylation is 1. The Bertz CT molecular complexity index is 1470. The molecule has 10 heteroatoms. The van der Waals surface area contributed by atoms with Crippen LogP contribution in [0.4, 0.5) is 10.1 Å². The SMILES string of the molecule is CCOc1ccc(N(CC(=O)N(Cc2ccccc2C)[C@@H](CC)C(=O)NC(C)(C)C)S(=O)(=O)c2ccc(F)cc2)cc1. The van der Waals surface area contributed by atoms with Crippen molar-refractivity contribution in [3.8, 4) is 5.75 Å². The van der Waals surface area contributed by atoms with Gasteiger partial charge < -0.3 is 15.0 Å². The highest BCUT2D eigenvalue weighted by atomic mass is 32.2. The molecule has 0 spiro atoms. The van der Waals surface area contributed by atoms with Crippen molar-refractivity contribution in [2.75, 3.05) is 17.5 Å². The molecule has 0 aliphatic carbocycles. The van der Waals surface area contributed by atoms with Gasteiger partial charge in [-0.2, -0.15) is 0 Å². The van der Waals surface area contributed by atoms with Crippen LogP contribution in [0.3, 0.4) is 0 Å². The molecule has 0 aliphatic heterocycles. The number of hydrogen-bond acceptors (Lipinski definition) is 5. The Labute approximate surface area is 248 Å². The summed E-state index contributed by atoms with van der Waals surface area (Å²) in [5.74, 6) is -0.940. The normalized spacial score (nSPS) is 12.4. The molecular weight excluding hydrogens is 557 g/mol. The molecular formula is C32H40FN3O5S. The Balaban J connectivity index is 2.08. The Kier molecular flexibility index (Phi) is 10.7. The van der Waals surface area contributed by atoms with Gasteiger partial charge in [0, 0.05) is 12.1 Å². The van der Waals surface area contributed by atoms with E-state index in [1.54, 1.807) is 24.3 Å². The van der Waals surface area contributed by atoms with E-state index in [1.165, 1.54) is 4.90 Å². The third-order valence-electron chi connectivity index (χ3n) is 6.60. The fraction of sp³-hybridized carbons (Fsp3) is 0.375. The first kappa shape index (κ1) is 32.6. The van der Waals surface area contributed by atoms with Crippen molar-refractivity contribution >= 4 is 27.5 Å². The van der Waals surface area contributed by atoms with Crippen molar-refractivity contribution in [2.24, 2.45) is 0 Å². The van der Waals surface area contributed by atoms with Crippen molar-refractivity contribution in [1.82, 2.24) is 10.2 Å². The maximum atomic E-state index is 14.2. The van der Waals surface area contributed by atoms with Crippen LogP contribution >= 0.6 is 0 Å². The van der Waals surface area contributed by atoms with E-state index in [0.717, 1.165) is 39.7 Å². The molecule has 3 aromatic carbocycles. The molecule has 0 saturated carbocycles. The number of amides is 2. The largest absolute Gasteiger partial charge is 0.494 e. The number of carbonyl (C=O) groups excluding carboxylic acids is 2. The average molecular weight is 598 g/mol. The van der Waals surface area contributed by atoms with E-state index in [9.17, 15) is 22.4 Å². The lowest BCUT2D eigenvalue weighted by molar-refractivity contribution is -0.141. The summed E-state index contributed by atoms with van der Waals surface area (Å²) in [6.45, 7) is 11.1. The summed E-state index contributed by atoms with van der Waals surface area (Å²) < 4.78 is 48.0. The molecule has 2 amide bonds. The van der Waals surface area contributed by atoms with Crippen LogP contribution in [-0.4, -0.2) is 49.9 Å². The minimum Gasteiger partial charge on any atom is -0.494 e. The Hall–Kier alpha value is -3.92. The van der Waals surface area contributed by atoms with Gasteiger partial charge in [0.05, 0.1) is 17.2 Å². The Morgan fingerprint density at radius 3 is 2.12 bits per heavy atom. The van der Waals surface area contributed by atoms with Crippen molar-refractivity contribution in [3.05, 3.63) is 89.7 Å². The predicted octanol–water partition coefficient (Wildman–Crippen LogP) is 5.45. The monoisotopic (exact) mass is 597 g/mol. The van der Waals surface area contributed by atoms with Gasteiger partial charge >= 0.3 is 0 Å². The number of ether oxygens (including phenoxy) is 1. The zero-order valence-electron chi connectivity index (χ0n) is 25.1. The van der Waals surface area contributed by atoms with E-state index in [2.05, 4.69) is 5.32 Å². The zero-order chi connectivity index (χ0) is 31.1. The van der Waals surface area contributed by atoms with Gasteiger partial charge in [-0.15, -0.1) is 0 Å². The molecule has 8 nitrogen and oxygen atoms in total. The molecule has 0 fully saturated rings. The fourth-order valence-corrected chi connectivity index (χ4v) is 5.90. The van der Waals surface area contributed by atoms with Crippen LogP contribution in [0.15, 0.2) is 77.7 Å². The summed E-state index contributed by atoms with van der Waals surface area (Å²) in [5, 5.41) is 2.96. The summed E-state index contributed by atoms with van der Waals surface area (Å²) in [6, 6.07) is 17.4. The first-order chi connectivity index (χ1) is 19.8. The van der Waals surface area contributed by atoms with Crippen LogP contribution < -0.4 is 14.4 Å². The van der Waals surface area contributed by atoms with Gasteiger partial charge in [0.25, 0.3) is 10.0 Å². The number of nitrogens with one attached hydrogen (secondary N) is 1. The van der Waals surface area contributed by atoms with E-state index in [1.807, 2.05) is 65.8 Å². The number of sulfonamides is 1. The first-order valence-electron chi connectivity index (χ1n) is 13.9. The number of halogens is 1. The third kappa shape index (κ3) is 8.31. The number of hydrogen-bond donors (Lipinski definition) is 1. The van der Waals surface area contributed by atoms with E-state index in [4.69, 9.17) is 4.74 Å². The quantitative estimate of drug-likeness (QED) is 0.300. The number of benzene rings is 3. The molecule has 1 N–H and O–H groups in total. The standard InChI is InChI=1S/C32H40FN3O5S/c1-7-29(31(38)34-32(4,5)6)35(21-24-12-10-9-11-23(24)3)30(37)22-36(26-15-17-27(18-16-26)41-8-2)42(39,40)28-19-13-25(33)14-20-28/h9-20,29H,7-8,21-22H2,1-6H3,(H,34,38)/t29-/m0/s1. The smallest absolute Gasteiger partial charge is 0.264 e. The highest BCUT2D eigenvalue weighted by Gasteiger charge is 2.34. The predicted molar refractivity (Wildman–Crippen MR) is 162 cm³/mol. The molecule has 0 saturated heterocycles. The number of rotatable bonds is 12. The highest BCUT2D eigenvalue weighted by Crippen LogP contribution is 2.27. The first-order valence-corrected chi connectivity index (χ1v) is 15.4. The summed E-state index contributed by atoms with van der Waals surface area (Å²) >= 11 is 0. The molecule has 3 rings (SSSR count). The van der Waals surface area contributed by atoms with Crippen LogP contribution in [0, 0.1) is 12.7 Å². The van der Waals surface area contributed by atoms with E-state index < -0.39 is 39.9 Å². The number of carbonyl (C=O) groups is 2. The second-order valence-corrected chi connectivity index (χ2v) is 12.9. The molecule has 0 unspecified atom stereocenters. The van der Waals surface area contributed by atoms with Crippen molar-refractivity contribution < 1.29 is 27.1 Å². The van der Waals surface area contributed by atoms with Crippen LogP contribution in [0.25, 0.3) is 0 Å². The van der Waals surface area contributed by atoms with Crippen LogP contribution in [0.5, 0.6) is 5.75 Å². The van der Waals surface area contributed by atoms with Crippen LogP contribution in [0.1, 0.15) is 52.2 Å². The van der Waals surface area contributed by atoms with Crippen LogP contribution in [-0.2, 0) is 26.2 Å². The van der Waals surface area contributed by atoms with Gasteiger partial charge in [0.1, 0.15) is 24.2 Å². The summed E-state index contributed by atoms with van der Waals surface area (Å²) in [6.07, 6.45) is 0.313. The van der Waals surface area contributed by atoms with Crippen molar-refractivity contribution in [1.29, 1.82) is 0 Å². The lowest BCUT2D eigenvalue weighted by atomic mass is 10.0. The average Bonchev–Trinajstić information content (AvgIpc) is 2.92. The van der Waals surface area contributed by atoms with Gasteiger partial charge in [-0.25, -0.2) is 12.8 Å². The van der Waals surface area contributed by atoms with Crippen molar-refractivity contribution in [3.63, 3.8) is 0 Å². The zero-order valence-corrected chi connectivity index (χ0v) is 25.9. The molecule has 0 aromatic heterocycles. The van der Waals surface area contributed by atoms with Gasteiger partial charge in [-0.05, 0) is 101 Å². The summed E-state index contributed by atoms with van der Waals surface area (Å²) in [4.78, 5) is 28.9. The molecule has 226 valence electrons. The lowest BCUT2D eigenvalue weighted by Gasteiger charge is -2.35. The summed E-state index contributed by atoms with van der Waals surface area (Å²) in [5.41, 5.74) is 1.45. The maximum Gasteiger partial charge on any atom is 0.264 e. The molecule has 3 aromatic rings. The lowest BCUT2D eigenvalue weighted by Crippen LogP contribution is -2.55. The molecule has 0 heterocycles. The Morgan fingerprint density at radius 2 is 1.57 bits per heavy atom. The number of nitrogens with zero attached hydrogens (tertiary/aromatic N) is 2. The molecule has 42 heavy (non-hydrogen) atoms. The molecule has 1 atom stereocenters. The highest BCUT2D eigenvalue weighted by molar-refractivity contribution is 7.92. The third-order valence-corrected chi connectivity index (χ3v) is 8.39. The molecule has 0 radical (unpaired) electrons. The van der Waals surface area contributed by atoms with E-state index >= 15 is 0 Å². The molecule has 0 aliphatic rings. The second-order valence-electron chi connectivity index (χ2n) is 11.0. The molecule has 0 bridgehead atoms.